The average molecular weight is 501 g/mol. The van der Waals surface area contributed by atoms with Gasteiger partial charge in [-0.1, -0.05) is 18.8 Å². The maximum Gasteiger partial charge on any atom is 0.247 e. The van der Waals surface area contributed by atoms with Crippen molar-refractivity contribution in [3.8, 4) is 23.3 Å². The zero-order valence-electron chi connectivity index (χ0n) is 20.7. The second-order valence-electron chi connectivity index (χ2n) is 8.78. The minimum atomic E-state index is -3.94. The minimum absolute atomic E-state index is 0.00942. The molecule has 188 valence electrons. The van der Waals surface area contributed by atoms with Gasteiger partial charge in [-0.15, -0.1) is 0 Å². The number of hydrogen-bond donors (Lipinski definition) is 1. The Kier molecular flexibility index (Phi) is 8.43. The lowest BCUT2D eigenvalue weighted by Crippen LogP contribution is -2.50. The van der Waals surface area contributed by atoms with Gasteiger partial charge in [-0.2, -0.15) is 4.31 Å². The van der Waals surface area contributed by atoms with Crippen molar-refractivity contribution in [2.24, 2.45) is 5.92 Å². The maximum absolute atomic E-state index is 13.5. The third kappa shape index (κ3) is 6.14. The summed E-state index contributed by atoms with van der Waals surface area (Å²) in [6, 6.07) is 11.4. The molecule has 3 rings (SSSR count). The zero-order chi connectivity index (χ0) is 25.8. The average Bonchev–Trinajstić information content (AvgIpc) is 2.84. The highest BCUT2D eigenvalue weighted by molar-refractivity contribution is 7.89. The van der Waals surface area contributed by atoms with Crippen LogP contribution in [-0.2, 0) is 14.8 Å². The molecular weight excluding hydrogens is 468 g/mol. The maximum atomic E-state index is 13.5. The number of benzene rings is 2. The van der Waals surface area contributed by atoms with Gasteiger partial charge in [0.05, 0.1) is 20.3 Å². The Morgan fingerprint density at radius 1 is 1.23 bits per heavy atom. The highest BCUT2D eigenvalue weighted by atomic mass is 32.2. The molecule has 1 amide bonds. The molecule has 0 saturated carbocycles. The monoisotopic (exact) mass is 500 g/mol. The van der Waals surface area contributed by atoms with Crippen LogP contribution in [0, 0.1) is 17.8 Å². The van der Waals surface area contributed by atoms with Crippen molar-refractivity contribution < 1.29 is 27.8 Å². The standard InChI is InChI=1S/C26H32N2O6S/c1-18-15-28(19(2)17-29)35(31,32)26-13-10-22(7-6-21-8-11-23(33-5)12-9-21)14-24(26)34-25(18)16-27(4)20(3)30/h8-14,18-19,25,29H,15-17H2,1-5H3/t18-,19+,25-/m0/s1. The number of amides is 1. The predicted octanol–water partition coefficient (Wildman–Crippen LogP) is 2.34. The number of hydrogen-bond acceptors (Lipinski definition) is 6. The summed E-state index contributed by atoms with van der Waals surface area (Å²) in [7, 11) is -0.666. The minimum Gasteiger partial charge on any atom is -0.497 e. The summed E-state index contributed by atoms with van der Waals surface area (Å²) in [6.45, 7) is 5.14. The van der Waals surface area contributed by atoms with Crippen LogP contribution in [0.1, 0.15) is 31.9 Å². The second kappa shape index (κ2) is 11.1. The summed E-state index contributed by atoms with van der Waals surface area (Å²) in [5.74, 6) is 6.66. The van der Waals surface area contributed by atoms with Gasteiger partial charge in [-0.3, -0.25) is 4.79 Å². The topological polar surface area (TPSA) is 96.4 Å². The van der Waals surface area contributed by atoms with E-state index in [-0.39, 0.29) is 35.6 Å². The summed E-state index contributed by atoms with van der Waals surface area (Å²) in [6.07, 6.45) is -0.462. The van der Waals surface area contributed by atoms with Crippen LogP contribution in [-0.4, -0.2) is 74.6 Å². The second-order valence-corrected chi connectivity index (χ2v) is 10.6. The van der Waals surface area contributed by atoms with Crippen molar-refractivity contribution in [3.63, 3.8) is 0 Å². The van der Waals surface area contributed by atoms with Gasteiger partial charge in [-0.05, 0) is 49.4 Å². The van der Waals surface area contributed by atoms with Crippen LogP contribution in [0.2, 0.25) is 0 Å². The lowest BCUT2D eigenvalue weighted by atomic mass is 10.0. The summed E-state index contributed by atoms with van der Waals surface area (Å²) < 4.78 is 39.8. The first-order chi connectivity index (χ1) is 16.6. The molecule has 35 heavy (non-hydrogen) atoms. The van der Waals surface area contributed by atoms with Crippen molar-refractivity contribution in [1.82, 2.24) is 9.21 Å². The van der Waals surface area contributed by atoms with Crippen molar-refractivity contribution in [2.45, 2.75) is 37.8 Å². The van der Waals surface area contributed by atoms with Crippen molar-refractivity contribution >= 4 is 15.9 Å². The molecule has 0 unspecified atom stereocenters. The Labute approximate surface area is 207 Å². The van der Waals surface area contributed by atoms with E-state index in [1.807, 2.05) is 31.2 Å². The van der Waals surface area contributed by atoms with Crippen LogP contribution in [0.4, 0.5) is 0 Å². The van der Waals surface area contributed by atoms with Gasteiger partial charge >= 0.3 is 0 Å². The van der Waals surface area contributed by atoms with Gasteiger partial charge in [0.1, 0.15) is 22.5 Å². The molecular formula is C26H32N2O6S. The summed E-state index contributed by atoms with van der Waals surface area (Å²) in [5.41, 5.74) is 1.37. The molecule has 0 spiro atoms. The number of rotatable bonds is 5. The summed E-state index contributed by atoms with van der Waals surface area (Å²) in [4.78, 5) is 13.4. The van der Waals surface area contributed by atoms with Crippen LogP contribution in [0.25, 0.3) is 0 Å². The molecule has 0 fully saturated rings. The molecule has 1 heterocycles. The number of ether oxygens (including phenoxy) is 2. The lowest BCUT2D eigenvalue weighted by molar-refractivity contribution is -0.129. The molecule has 0 radical (unpaired) electrons. The third-order valence-corrected chi connectivity index (χ3v) is 8.12. The van der Waals surface area contributed by atoms with Crippen LogP contribution < -0.4 is 9.47 Å². The van der Waals surface area contributed by atoms with E-state index in [0.29, 0.717) is 12.1 Å². The molecule has 9 heteroatoms. The first kappa shape index (κ1) is 26.5. The fourth-order valence-corrected chi connectivity index (χ4v) is 5.56. The number of nitrogens with zero attached hydrogens (tertiary/aromatic N) is 2. The van der Waals surface area contributed by atoms with Crippen LogP contribution in [0.5, 0.6) is 11.5 Å². The van der Waals surface area contributed by atoms with Crippen LogP contribution in [0.15, 0.2) is 47.4 Å². The lowest BCUT2D eigenvalue weighted by Gasteiger charge is -2.37. The Morgan fingerprint density at radius 2 is 1.86 bits per heavy atom. The molecule has 1 aliphatic rings. The van der Waals surface area contributed by atoms with Gasteiger partial charge in [-0.25, -0.2) is 8.42 Å². The Balaban J connectivity index is 2.05. The van der Waals surface area contributed by atoms with Crippen molar-refractivity contribution in [2.75, 3.05) is 33.9 Å². The molecule has 1 aliphatic heterocycles. The fraction of sp³-hybridized carbons (Fsp3) is 0.423. The molecule has 3 atom stereocenters. The number of carbonyl (C=O) groups is 1. The zero-order valence-corrected chi connectivity index (χ0v) is 21.5. The van der Waals surface area contributed by atoms with Crippen molar-refractivity contribution in [1.29, 1.82) is 0 Å². The van der Waals surface area contributed by atoms with E-state index in [0.717, 1.165) is 11.3 Å². The molecule has 0 aliphatic carbocycles. The number of sulfonamides is 1. The van der Waals surface area contributed by atoms with Gasteiger partial charge < -0.3 is 19.5 Å². The number of methoxy groups -OCH3 is 1. The molecule has 0 aromatic heterocycles. The SMILES string of the molecule is COc1ccc(C#Cc2ccc3c(c2)O[C@@H](CN(C)C(C)=O)[C@@H](C)CN([C@H](C)CO)S3(=O)=O)cc1. The number of aliphatic hydroxyl groups is 1. The van der Waals surface area contributed by atoms with Gasteiger partial charge in [0, 0.05) is 43.6 Å². The highest BCUT2D eigenvalue weighted by Crippen LogP contribution is 2.34. The molecule has 2 aromatic rings. The highest BCUT2D eigenvalue weighted by Gasteiger charge is 2.38. The van der Waals surface area contributed by atoms with Gasteiger partial charge in [0.15, 0.2) is 0 Å². The largest absolute Gasteiger partial charge is 0.497 e. The fourth-order valence-electron chi connectivity index (χ4n) is 3.74. The van der Waals surface area contributed by atoms with E-state index >= 15 is 0 Å². The first-order valence-corrected chi connectivity index (χ1v) is 12.8. The van der Waals surface area contributed by atoms with E-state index in [1.165, 1.54) is 17.3 Å². The van der Waals surface area contributed by atoms with E-state index in [1.54, 1.807) is 38.1 Å². The quantitative estimate of drug-likeness (QED) is 0.633. The van der Waals surface area contributed by atoms with Crippen LogP contribution in [0.3, 0.4) is 0 Å². The first-order valence-electron chi connectivity index (χ1n) is 11.4. The van der Waals surface area contributed by atoms with E-state index in [9.17, 15) is 18.3 Å². The van der Waals surface area contributed by atoms with E-state index in [4.69, 9.17) is 9.47 Å². The van der Waals surface area contributed by atoms with Gasteiger partial charge in [0.2, 0.25) is 15.9 Å². The Hall–Kier alpha value is -3.06. The smallest absolute Gasteiger partial charge is 0.247 e. The van der Waals surface area contributed by atoms with Gasteiger partial charge in [0.25, 0.3) is 0 Å². The molecule has 0 bridgehead atoms. The summed E-state index contributed by atoms with van der Waals surface area (Å²) in [5, 5.41) is 9.74. The number of likely N-dealkylation sites (N-methyl/N-ethyl adjacent to an activating group) is 1. The van der Waals surface area contributed by atoms with Crippen molar-refractivity contribution in [3.05, 3.63) is 53.6 Å². The van der Waals surface area contributed by atoms with E-state index < -0.39 is 22.2 Å². The molecule has 8 nitrogen and oxygen atoms in total. The molecule has 1 N–H and O–H groups in total. The number of carbonyl (C=O) groups excluding carboxylic acids is 1. The molecule has 2 aromatic carbocycles. The number of fused-ring (bicyclic) bond motifs is 1. The predicted molar refractivity (Wildman–Crippen MR) is 133 cm³/mol. The third-order valence-electron chi connectivity index (χ3n) is 6.10. The normalized spacial score (nSPS) is 20.2. The summed E-state index contributed by atoms with van der Waals surface area (Å²) >= 11 is 0. The number of aliphatic hydroxyl groups excluding tert-OH is 1. The van der Waals surface area contributed by atoms with Crippen LogP contribution >= 0.6 is 0 Å². The Bertz CT molecular complexity index is 1220. The molecule has 0 saturated heterocycles. The van der Waals surface area contributed by atoms with E-state index in [2.05, 4.69) is 11.8 Å². The Morgan fingerprint density at radius 3 is 2.46 bits per heavy atom.